The van der Waals surface area contributed by atoms with Crippen molar-refractivity contribution in [3.63, 3.8) is 0 Å². The first kappa shape index (κ1) is 19.9. The van der Waals surface area contributed by atoms with E-state index >= 15 is 0 Å². The first-order valence-corrected chi connectivity index (χ1v) is 11.1. The third-order valence-electron chi connectivity index (χ3n) is 6.80. The molecule has 4 rings (SSSR count). The van der Waals surface area contributed by atoms with Crippen molar-refractivity contribution >= 4 is 5.96 Å². The zero-order valence-electron chi connectivity index (χ0n) is 17.8. The molecule has 6 nitrogen and oxygen atoms in total. The van der Waals surface area contributed by atoms with Crippen molar-refractivity contribution < 1.29 is 0 Å². The monoisotopic (exact) mass is 394 g/mol. The van der Waals surface area contributed by atoms with E-state index < -0.39 is 0 Å². The molecule has 2 aromatic rings. The van der Waals surface area contributed by atoms with Crippen LogP contribution in [0.1, 0.15) is 68.6 Å². The van der Waals surface area contributed by atoms with Crippen LogP contribution in [0.15, 0.2) is 35.3 Å². The Kier molecular flexibility index (Phi) is 6.16. The maximum atomic E-state index is 4.89. The molecule has 6 heteroatoms. The highest BCUT2D eigenvalue weighted by Gasteiger charge is 2.38. The molecule has 0 spiro atoms. The van der Waals surface area contributed by atoms with Gasteiger partial charge in [0.05, 0.1) is 0 Å². The van der Waals surface area contributed by atoms with Crippen LogP contribution in [0.5, 0.6) is 0 Å². The summed E-state index contributed by atoms with van der Waals surface area (Å²) in [4.78, 5) is 4.89. The maximum absolute atomic E-state index is 4.89. The number of nitrogens with one attached hydrogen (secondary N) is 2. The molecule has 2 fully saturated rings. The summed E-state index contributed by atoms with van der Waals surface area (Å²) in [5, 5.41) is 15.8. The standard InChI is InChI=1S/C23H34N6/c1-18-27-28-21(29(18)2)16-24-22(26-20-12-7-4-8-13-20)25-17-23(14-9-15-23)19-10-5-3-6-11-19/h3,5-6,10-11,20H,4,7-9,12-17H2,1-2H3,(H2,24,25,26). The zero-order valence-corrected chi connectivity index (χ0v) is 17.8. The molecule has 2 aliphatic rings. The highest BCUT2D eigenvalue weighted by molar-refractivity contribution is 5.80. The van der Waals surface area contributed by atoms with Crippen molar-refractivity contribution in [2.45, 2.75) is 76.3 Å². The van der Waals surface area contributed by atoms with Crippen molar-refractivity contribution in [3.8, 4) is 0 Å². The normalized spacial score (nSPS) is 19.6. The summed E-state index contributed by atoms with van der Waals surface area (Å²) >= 11 is 0. The molecule has 1 heterocycles. The molecule has 0 aliphatic heterocycles. The Labute approximate surface area is 174 Å². The second kappa shape index (κ2) is 8.97. The smallest absolute Gasteiger partial charge is 0.191 e. The van der Waals surface area contributed by atoms with Crippen LogP contribution in [0.25, 0.3) is 0 Å². The van der Waals surface area contributed by atoms with Crippen LogP contribution in [0.2, 0.25) is 0 Å². The Morgan fingerprint density at radius 2 is 1.86 bits per heavy atom. The molecule has 1 aromatic carbocycles. The summed E-state index contributed by atoms with van der Waals surface area (Å²) in [6.45, 7) is 3.44. The van der Waals surface area contributed by atoms with E-state index in [2.05, 4.69) is 51.2 Å². The van der Waals surface area contributed by atoms with Gasteiger partial charge in [0.2, 0.25) is 0 Å². The number of aliphatic imine (C=N–C) groups is 1. The average molecular weight is 395 g/mol. The molecule has 1 aromatic heterocycles. The fraction of sp³-hybridized carbons (Fsp3) is 0.609. The molecule has 2 aliphatic carbocycles. The summed E-state index contributed by atoms with van der Waals surface area (Å²) < 4.78 is 2.01. The lowest BCUT2D eigenvalue weighted by molar-refractivity contribution is 0.243. The van der Waals surface area contributed by atoms with Crippen LogP contribution in [0, 0.1) is 6.92 Å². The highest BCUT2D eigenvalue weighted by atomic mass is 15.3. The maximum Gasteiger partial charge on any atom is 0.191 e. The molecule has 0 radical (unpaired) electrons. The van der Waals surface area contributed by atoms with Gasteiger partial charge in [0.25, 0.3) is 0 Å². The molecule has 29 heavy (non-hydrogen) atoms. The Morgan fingerprint density at radius 1 is 1.10 bits per heavy atom. The summed E-state index contributed by atoms with van der Waals surface area (Å²) in [5.41, 5.74) is 1.68. The fourth-order valence-corrected chi connectivity index (χ4v) is 4.55. The molecule has 0 amide bonds. The van der Waals surface area contributed by atoms with E-state index in [9.17, 15) is 0 Å². The van der Waals surface area contributed by atoms with E-state index in [0.29, 0.717) is 12.6 Å². The summed E-state index contributed by atoms with van der Waals surface area (Å²) in [6, 6.07) is 11.5. The molecule has 2 saturated carbocycles. The van der Waals surface area contributed by atoms with E-state index in [-0.39, 0.29) is 5.41 Å². The second-order valence-corrected chi connectivity index (χ2v) is 8.72. The van der Waals surface area contributed by atoms with Gasteiger partial charge in [-0.25, -0.2) is 4.99 Å². The van der Waals surface area contributed by atoms with Gasteiger partial charge >= 0.3 is 0 Å². The largest absolute Gasteiger partial charge is 0.355 e. The van der Waals surface area contributed by atoms with Crippen LogP contribution in [0.4, 0.5) is 0 Å². The van der Waals surface area contributed by atoms with Gasteiger partial charge in [-0.1, -0.05) is 56.0 Å². The van der Waals surface area contributed by atoms with Crippen molar-refractivity contribution in [2.24, 2.45) is 12.0 Å². The highest BCUT2D eigenvalue weighted by Crippen LogP contribution is 2.43. The number of rotatable bonds is 6. The van der Waals surface area contributed by atoms with Gasteiger partial charge in [0.15, 0.2) is 11.8 Å². The number of benzene rings is 1. The zero-order chi connectivity index (χ0) is 20.1. The Hall–Kier alpha value is -2.37. The van der Waals surface area contributed by atoms with Crippen molar-refractivity contribution in [1.82, 2.24) is 25.4 Å². The van der Waals surface area contributed by atoms with E-state index in [4.69, 9.17) is 4.99 Å². The van der Waals surface area contributed by atoms with Crippen LogP contribution in [0.3, 0.4) is 0 Å². The SMILES string of the molecule is Cc1nnc(CN=C(NCC2(c3ccccc3)CCC2)NC2CCCCC2)n1C. The molecular formula is C23H34N6. The van der Waals surface area contributed by atoms with Crippen LogP contribution in [-0.2, 0) is 19.0 Å². The van der Waals surface area contributed by atoms with Gasteiger partial charge in [0, 0.05) is 25.0 Å². The third kappa shape index (κ3) is 4.62. The fourth-order valence-electron chi connectivity index (χ4n) is 4.55. The minimum Gasteiger partial charge on any atom is -0.355 e. The quantitative estimate of drug-likeness (QED) is 0.580. The number of guanidine groups is 1. The molecular weight excluding hydrogens is 360 g/mol. The second-order valence-electron chi connectivity index (χ2n) is 8.72. The van der Waals surface area contributed by atoms with Gasteiger partial charge in [0.1, 0.15) is 12.4 Å². The number of hydrogen-bond acceptors (Lipinski definition) is 3. The van der Waals surface area contributed by atoms with Crippen molar-refractivity contribution in [2.75, 3.05) is 6.54 Å². The Morgan fingerprint density at radius 3 is 2.48 bits per heavy atom. The van der Waals surface area contributed by atoms with Gasteiger partial charge in [-0.2, -0.15) is 0 Å². The molecule has 0 unspecified atom stereocenters. The van der Waals surface area contributed by atoms with Gasteiger partial charge in [-0.3, -0.25) is 0 Å². The first-order chi connectivity index (χ1) is 14.2. The molecule has 156 valence electrons. The van der Waals surface area contributed by atoms with E-state index in [1.807, 2.05) is 18.5 Å². The minimum atomic E-state index is 0.234. The lowest BCUT2D eigenvalue weighted by Crippen LogP contribution is -2.51. The van der Waals surface area contributed by atoms with Crippen LogP contribution >= 0.6 is 0 Å². The number of nitrogens with zero attached hydrogens (tertiary/aromatic N) is 4. The lowest BCUT2D eigenvalue weighted by Gasteiger charge is -2.43. The van der Waals surface area contributed by atoms with Gasteiger partial charge < -0.3 is 15.2 Å². The molecule has 2 N–H and O–H groups in total. The van der Waals surface area contributed by atoms with Gasteiger partial charge in [-0.15, -0.1) is 10.2 Å². The third-order valence-corrected chi connectivity index (χ3v) is 6.80. The van der Waals surface area contributed by atoms with Crippen molar-refractivity contribution in [1.29, 1.82) is 0 Å². The molecule has 0 atom stereocenters. The topological polar surface area (TPSA) is 67.1 Å². The summed E-state index contributed by atoms with van der Waals surface area (Å²) in [7, 11) is 2.00. The lowest BCUT2D eigenvalue weighted by atomic mass is 9.64. The Bertz CT molecular complexity index is 815. The van der Waals surface area contributed by atoms with E-state index in [1.165, 1.54) is 56.9 Å². The summed E-state index contributed by atoms with van der Waals surface area (Å²) in [5.74, 6) is 2.73. The average Bonchev–Trinajstić information content (AvgIpc) is 3.04. The number of aromatic nitrogens is 3. The predicted octanol–water partition coefficient (Wildman–Crippen LogP) is 3.61. The van der Waals surface area contributed by atoms with E-state index in [1.54, 1.807) is 0 Å². The van der Waals surface area contributed by atoms with Gasteiger partial charge in [-0.05, 0) is 38.2 Å². The first-order valence-electron chi connectivity index (χ1n) is 11.1. The predicted molar refractivity (Wildman–Crippen MR) is 117 cm³/mol. The Balaban J connectivity index is 1.47. The molecule has 0 saturated heterocycles. The molecule has 0 bridgehead atoms. The van der Waals surface area contributed by atoms with E-state index in [0.717, 1.165) is 24.2 Å². The summed E-state index contributed by atoms with van der Waals surface area (Å²) in [6.07, 6.45) is 10.2. The minimum absolute atomic E-state index is 0.234. The number of hydrogen-bond donors (Lipinski definition) is 2. The van der Waals surface area contributed by atoms with Crippen LogP contribution in [-0.4, -0.2) is 33.3 Å². The number of aryl methyl sites for hydroxylation is 1. The van der Waals surface area contributed by atoms with Crippen molar-refractivity contribution in [3.05, 3.63) is 47.5 Å². The van der Waals surface area contributed by atoms with Crippen LogP contribution < -0.4 is 10.6 Å².